The standard InChI is InChI=1S/C6H8F6O2/c7-5(8,9)13-3-1-2-4-14-6(10,11)12/h1-4H2. The second-order valence-corrected chi connectivity index (χ2v) is 2.30. The molecular weight excluding hydrogens is 218 g/mol. The van der Waals surface area contributed by atoms with E-state index in [1.807, 2.05) is 0 Å². The van der Waals surface area contributed by atoms with E-state index in [0.29, 0.717) is 0 Å². The van der Waals surface area contributed by atoms with E-state index in [4.69, 9.17) is 0 Å². The van der Waals surface area contributed by atoms with Crippen LogP contribution in [-0.2, 0) is 9.47 Å². The van der Waals surface area contributed by atoms with Gasteiger partial charge in [-0.05, 0) is 12.8 Å². The number of hydrogen-bond donors (Lipinski definition) is 0. The summed E-state index contributed by atoms with van der Waals surface area (Å²) in [7, 11) is 0. The van der Waals surface area contributed by atoms with Crippen LogP contribution in [0.25, 0.3) is 0 Å². The lowest BCUT2D eigenvalue weighted by Crippen LogP contribution is -2.16. The van der Waals surface area contributed by atoms with Gasteiger partial charge in [-0.15, -0.1) is 26.3 Å². The van der Waals surface area contributed by atoms with E-state index in [1.165, 1.54) is 0 Å². The molecule has 0 saturated carbocycles. The summed E-state index contributed by atoms with van der Waals surface area (Å²) in [5.74, 6) is 0. The van der Waals surface area contributed by atoms with Crippen molar-refractivity contribution in [3.63, 3.8) is 0 Å². The zero-order valence-electron chi connectivity index (χ0n) is 6.91. The molecule has 0 aliphatic heterocycles. The highest BCUT2D eigenvalue weighted by molar-refractivity contribution is 4.40. The summed E-state index contributed by atoms with van der Waals surface area (Å²) in [6, 6.07) is 0. The molecule has 0 aromatic carbocycles. The molecule has 0 amide bonds. The summed E-state index contributed by atoms with van der Waals surface area (Å²) in [5, 5.41) is 0. The molecule has 0 aromatic rings. The van der Waals surface area contributed by atoms with Crippen molar-refractivity contribution in [1.29, 1.82) is 0 Å². The van der Waals surface area contributed by atoms with Crippen LogP contribution >= 0.6 is 0 Å². The van der Waals surface area contributed by atoms with Gasteiger partial charge in [-0.1, -0.05) is 0 Å². The van der Waals surface area contributed by atoms with Gasteiger partial charge in [0.1, 0.15) is 0 Å². The molecule has 0 aromatic heterocycles. The van der Waals surface area contributed by atoms with E-state index in [1.54, 1.807) is 0 Å². The normalized spacial score (nSPS) is 13.3. The zero-order chi connectivity index (χ0) is 11.2. The highest BCUT2D eigenvalue weighted by atomic mass is 19.4. The summed E-state index contributed by atoms with van der Waals surface area (Å²) < 4.78 is 74.6. The zero-order valence-corrected chi connectivity index (χ0v) is 6.91. The van der Waals surface area contributed by atoms with Crippen LogP contribution in [0.3, 0.4) is 0 Å². The first-order chi connectivity index (χ1) is 6.21. The molecule has 0 N–H and O–H groups in total. The molecule has 0 bridgehead atoms. The highest BCUT2D eigenvalue weighted by Gasteiger charge is 2.29. The van der Waals surface area contributed by atoms with E-state index in [0.717, 1.165) is 0 Å². The fourth-order valence-corrected chi connectivity index (χ4v) is 0.580. The average Bonchev–Trinajstić information content (AvgIpc) is 1.92. The predicted octanol–water partition coefficient (Wildman–Crippen LogP) is 2.84. The number of unbranched alkanes of at least 4 members (excludes halogenated alkanes) is 1. The molecule has 86 valence electrons. The summed E-state index contributed by atoms with van der Waals surface area (Å²) in [6.07, 6.45) is -9.75. The third kappa shape index (κ3) is 11.5. The van der Waals surface area contributed by atoms with Gasteiger partial charge in [-0.3, -0.25) is 9.47 Å². The minimum absolute atomic E-state index is 0.143. The van der Waals surface area contributed by atoms with Gasteiger partial charge in [0.05, 0.1) is 13.2 Å². The number of alkyl halides is 6. The van der Waals surface area contributed by atoms with Crippen LogP contribution in [0, 0.1) is 0 Å². The first kappa shape index (κ1) is 13.5. The van der Waals surface area contributed by atoms with Crippen LogP contribution in [0.15, 0.2) is 0 Å². The first-order valence-corrected chi connectivity index (χ1v) is 3.62. The van der Waals surface area contributed by atoms with Crippen molar-refractivity contribution >= 4 is 0 Å². The van der Waals surface area contributed by atoms with Gasteiger partial charge >= 0.3 is 12.7 Å². The number of ether oxygens (including phenoxy) is 2. The Morgan fingerprint density at radius 1 is 0.643 bits per heavy atom. The van der Waals surface area contributed by atoms with Crippen LogP contribution in [0.4, 0.5) is 26.3 Å². The molecule has 0 aliphatic rings. The molecule has 0 unspecified atom stereocenters. The van der Waals surface area contributed by atoms with E-state index in [-0.39, 0.29) is 12.8 Å². The van der Waals surface area contributed by atoms with Crippen molar-refractivity contribution in [3.05, 3.63) is 0 Å². The summed E-state index contributed by atoms with van der Waals surface area (Å²) >= 11 is 0. The van der Waals surface area contributed by atoms with E-state index in [9.17, 15) is 26.3 Å². The van der Waals surface area contributed by atoms with Crippen molar-refractivity contribution in [2.24, 2.45) is 0 Å². The van der Waals surface area contributed by atoms with E-state index >= 15 is 0 Å². The van der Waals surface area contributed by atoms with Gasteiger partial charge in [-0.25, -0.2) is 0 Å². The third-order valence-electron chi connectivity index (χ3n) is 1.07. The van der Waals surface area contributed by atoms with Crippen molar-refractivity contribution < 1.29 is 35.8 Å². The molecule has 0 fully saturated rings. The molecule has 0 saturated heterocycles. The Morgan fingerprint density at radius 2 is 0.929 bits per heavy atom. The minimum Gasteiger partial charge on any atom is -0.292 e. The fraction of sp³-hybridized carbons (Fsp3) is 1.00. The largest absolute Gasteiger partial charge is 0.522 e. The number of halogens is 6. The Kier molecular flexibility index (Phi) is 5.21. The molecule has 0 atom stereocenters. The lowest BCUT2D eigenvalue weighted by molar-refractivity contribution is -0.330. The van der Waals surface area contributed by atoms with Crippen LogP contribution in [0.1, 0.15) is 12.8 Å². The Hall–Kier alpha value is -0.500. The topological polar surface area (TPSA) is 18.5 Å². The van der Waals surface area contributed by atoms with Gasteiger partial charge in [0.25, 0.3) is 0 Å². The van der Waals surface area contributed by atoms with E-state index < -0.39 is 25.9 Å². The Balaban J connectivity index is 3.23. The molecule has 0 radical (unpaired) electrons. The number of hydrogen-bond acceptors (Lipinski definition) is 2. The van der Waals surface area contributed by atoms with Crippen molar-refractivity contribution in [1.82, 2.24) is 0 Å². The Labute approximate surface area is 75.8 Å². The van der Waals surface area contributed by atoms with Gasteiger partial charge in [-0.2, -0.15) is 0 Å². The maximum atomic E-state index is 11.3. The molecule has 0 spiro atoms. The van der Waals surface area contributed by atoms with Gasteiger partial charge in [0.2, 0.25) is 0 Å². The lowest BCUT2D eigenvalue weighted by Gasteiger charge is -2.08. The second kappa shape index (κ2) is 5.40. The van der Waals surface area contributed by atoms with Crippen LogP contribution in [0.5, 0.6) is 0 Å². The fourth-order valence-electron chi connectivity index (χ4n) is 0.580. The Bertz CT molecular complexity index is 133. The molecule has 8 heteroatoms. The monoisotopic (exact) mass is 226 g/mol. The van der Waals surface area contributed by atoms with Gasteiger partial charge < -0.3 is 0 Å². The number of rotatable bonds is 5. The van der Waals surface area contributed by atoms with Crippen molar-refractivity contribution in [3.8, 4) is 0 Å². The lowest BCUT2D eigenvalue weighted by atomic mass is 10.3. The quantitative estimate of drug-likeness (QED) is 0.530. The third-order valence-corrected chi connectivity index (χ3v) is 1.07. The van der Waals surface area contributed by atoms with Crippen LogP contribution < -0.4 is 0 Å². The molecule has 2 nitrogen and oxygen atoms in total. The SMILES string of the molecule is FC(F)(F)OCCCCOC(F)(F)F. The van der Waals surface area contributed by atoms with E-state index in [2.05, 4.69) is 9.47 Å². The van der Waals surface area contributed by atoms with Crippen molar-refractivity contribution in [2.75, 3.05) is 13.2 Å². The second-order valence-electron chi connectivity index (χ2n) is 2.30. The molecular formula is C6H8F6O2. The average molecular weight is 226 g/mol. The smallest absolute Gasteiger partial charge is 0.292 e. The molecule has 0 aliphatic carbocycles. The maximum absolute atomic E-state index is 11.3. The van der Waals surface area contributed by atoms with Crippen LogP contribution in [0.2, 0.25) is 0 Å². The Morgan fingerprint density at radius 3 is 1.14 bits per heavy atom. The van der Waals surface area contributed by atoms with Gasteiger partial charge in [0.15, 0.2) is 0 Å². The van der Waals surface area contributed by atoms with Crippen LogP contribution in [-0.4, -0.2) is 25.9 Å². The van der Waals surface area contributed by atoms with Crippen molar-refractivity contribution in [2.45, 2.75) is 25.6 Å². The first-order valence-electron chi connectivity index (χ1n) is 3.62. The highest BCUT2D eigenvalue weighted by Crippen LogP contribution is 2.18. The molecule has 14 heavy (non-hydrogen) atoms. The van der Waals surface area contributed by atoms with Gasteiger partial charge in [0, 0.05) is 0 Å². The summed E-state index contributed by atoms with van der Waals surface area (Å²) in [5.41, 5.74) is 0. The molecule has 0 heterocycles. The maximum Gasteiger partial charge on any atom is 0.522 e. The summed E-state index contributed by atoms with van der Waals surface area (Å²) in [4.78, 5) is 0. The summed E-state index contributed by atoms with van der Waals surface area (Å²) in [6.45, 7) is -1.32. The molecule has 0 rings (SSSR count). The minimum atomic E-state index is -4.73. The predicted molar refractivity (Wildman–Crippen MR) is 33.2 cm³/mol.